The molecule has 3 N–H and O–H groups in total. The van der Waals surface area contributed by atoms with Gasteiger partial charge in [0.1, 0.15) is 5.82 Å². The lowest BCUT2D eigenvalue weighted by Gasteiger charge is -2.33. The molecule has 118 valence electrons. The van der Waals surface area contributed by atoms with Crippen LogP contribution in [0.2, 0.25) is 0 Å². The predicted octanol–water partition coefficient (Wildman–Crippen LogP) is 3.56. The van der Waals surface area contributed by atoms with E-state index in [9.17, 15) is 4.79 Å². The van der Waals surface area contributed by atoms with E-state index in [1.807, 2.05) is 19.9 Å². The molecule has 1 aromatic rings. The van der Waals surface area contributed by atoms with Crippen LogP contribution < -0.4 is 11.1 Å². The van der Waals surface area contributed by atoms with Gasteiger partial charge in [-0.3, -0.25) is 4.79 Å². The molecular formula is C17H29N3O. The van der Waals surface area contributed by atoms with Crippen molar-refractivity contribution in [2.45, 2.75) is 66.3 Å². The first-order valence-corrected chi connectivity index (χ1v) is 7.61. The minimum Gasteiger partial charge on any atom is -0.384 e. The summed E-state index contributed by atoms with van der Waals surface area (Å²) in [6.45, 7) is 12.7. The van der Waals surface area contributed by atoms with Gasteiger partial charge < -0.3 is 11.1 Å². The predicted molar refractivity (Wildman–Crippen MR) is 88.3 cm³/mol. The Bertz CT molecular complexity index is 501. The number of rotatable bonds is 5. The normalized spacial score (nSPS) is 12.3. The summed E-state index contributed by atoms with van der Waals surface area (Å²) in [7, 11) is 0. The highest BCUT2D eigenvalue weighted by molar-refractivity contribution is 5.95. The van der Waals surface area contributed by atoms with Crippen LogP contribution in [-0.2, 0) is 6.42 Å². The summed E-state index contributed by atoms with van der Waals surface area (Å²) in [6.07, 6.45) is 2.71. The summed E-state index contributed by atoms with van der Waals surface area (Å²) in [4.78, 5) is 16.7. The standard InChI is InChI=1S/C17H29N3O/c1-7-8-13-9-12(10-14(18)19-13)15(21)20-17(5,6)11-16(2,3)4/h9-10H,7-8,11H2,1-6H3,(H2,18,19)(H,20,21). The van der Waals surface area contributed by atoms with E-state index in [-0.39, 0.29) is 16.9 Å². The second kappa shape index (κ2) is 6.46. The van der Waals surface area contributed by atoms with E-state index >= 15 is 0 Å². The molecule has 4 heteroatoms. The van der Waals surface area contributed by atoms with Crippen LogP contribution in [0.1, 0.15) is 70.4 Å². The SMILES string of the molecule is CCCc1cc(C(=O)NC(C)(C)CC(C)(C)C)cc(N)n1. The molecule has 0 saturated carbocycles. The number of nitrogens with one attached hydrogen (secondary N) is 1. The molecule has 1 amide bonds. The Kier molecular flexibility index (Phi) is 5.37. The first-order valence-electron chi connectivity index (χ1n) is 7.61. The molecule has 0 aliphatic rings. The number of nitrogens with two attached hydrogens (primary N) is 1. The van der Waals surface area contributed by atoms with Gasteiger partial charge in [-0.05, 0) is 44.2 Å². The highest BCUT2D eigenvalue weighted by atomic mass is 16.1. The number of anilines is 1. The highest BCUT2D eigenvalue weighted by Gasteiger charge is 2.27. The van der Waals surface area contributed by atoms with Crippen LogP contribution in [0.5, 0.6) is 0 Å². The lowest BCUT2D eigenvalue weighted by molar-refractivity contribution is 0.0891. The van der Waals surface area contributed by atoms with Gasteiger partial charge in [0.25, 0.3) is 5.91 Å². The molecule has 0 unspecified atom stereocenters. The van der Waals surface area contributed by atoms with Crippen LogP contribution in [0, 0.1) is 5.41 Å². The number of aryl methyl sites for hydroxylation is 1. The van der Waals surface area contributed by atoms with E-state index in [4.69, 9.17) is 5.73 Å². The van der Waals surface area contributed by atoms with Gasteiger partial charge in [-0.25, -0.2) is 4.98 Å². The van der Waals surface area contributed by atoms with Crippen LogP contribution >= 0.6 is 0 Å². The van der Waals surface area contributed by atoms with Gasteiger partial charge >= 0.3 is 0 Å². The van der Waals surface area contributed by atoms with Crippen molar-refractivity contribution >= 4 is 11.7 Å². The molecule has 0 aliphatic heterocycles. The summed E-state index contributed by atoms with van der Waals surface area (Å²) in [5, 5.41) is 3.10. The van der Waals surface area contributed by atoms with Gasteiger partial charge in [-0.15, -0.1) is 0 Å². The lowest BCUT2D eigenvalue weighted by Crippen LogP contribution is -2.45. The van der Waals surface area contributed by atoms with Crippen molar-refractivity contribution in [1.82, 2.24) is 10.3 Å². The zero-order valence-corrected chi connectivity index (χ0v) is 14.2. The molecule has 0 spiro atoms. The van der Waals surface area contributed by atoms with E-state index in [2.05, 4.69) is 38.0 Å². The zero-order valence-electron chi connectivity index (χ0n) is 14.2. The Morgan fingerprint density at radius 2 is 1.86 bits per heavy atom. The van der Waals surface area contributed by atoms with Crippen molar-refractivity contribution in [3.63, 3.8) is 0 Å². The number of hydrogen-bond acceptors (Lipinski definition) is 3. The average molecular weight is 291 g/mol. The van der Waals surface area contributed by atoms with Crippen molar-refractivity contribution in [2.24, 2.45) is 5.41 Å². The zero-order chi connectivity index (χ0) is 16.3. The molecule has 0 atom stereocenters. The van der Waals surface area contributed by atoms with E-state index < -0.39 is 0 Å². The van der Waals surface area contributed by atoms with Crippen molar-refractivity contribution in [1.29, 1.82) is 0 Å². The Hall–Kier alpha value is -1.58. The van der Waals surface area contributed by atoms with Gasteiger partial charge in [0.05, 0.1) is 0 Å². The van der Waals surface area contributed by atoms with E-state index in [0.717, 1.165) is 25.0 Å². The Morgan fingerprint density at radius 1 is 1.24 bits per heavy atom. The van der Waals surface area contributed by atoms with Crippen molar-refractivity contribution < 1.29 is 4.79 Å². The first kappa shape index (κ1) is 17.5. The van der Waals surface area contributed by atoms with Crippen LogP contribution in [0.25, 0.3) is 0 Å². The number of carbonyl (C=O) groups is 1. The highest BCUT2D eigenvalue weighted by Crippen LogP contribution is 2.27. The third kappa shape index (κ3) is 6.15. The number of nitrogen functional groups attached to an aromatic ring is 1. The van der Waals surface area contributed by atoms with Gasteiger partial charge in [0.15, 0.2) is 0 Å². The van der Waals surface area contributed by atoms with Gasteiger partial charge in [0.2, 0.25) is 0 Å². The summed E-state index contributed by atoms with van der Waals surface area (Å²) >= 11 is 0. The van der Waals surface area contributed by atoms with Gasteiger partial charge in [-0.1, -0.05) is 34.1 Å². The average Bonchev–Trinajstić information content (AvgIpc) is 2.24. The quantitative estimate of drug-likeness (QED) is 0.871. The molecule has 0 aromatic carbocycles. The van der Waals surface area contributed by atoms with Crippen LogP contribution in [0.3, 0.4) is 0 Å². The summed E-state index contributed by atoms with van der Waals surface area (Å²) in [5.74, 6) is 0.315. The first-order chi connectivity index (χ1) is 9.52. The summed E-state index contributed by atoms with van der Waals surface area (Å²) in [6, 6.07) is 3.48. The molecular weight excluding hydrogens is 262 g/mol. The molecule has 1 aromatic heterocycles. The number of pyridine rings is 1. The molecule has 0 radical (unpaired) electrons. The Morgan fingerprint density at radius 3 is 2.38 bits per heavy atom. The molecule has 0 saturated heterocycles. The fourth-order valence-electron chi connectivity index (χ4n) is 2.88. The third-order valence-electron chi connectivity index (χ3n) is 3.09. The minimum absolute atomic E-state index is 0.0873. The fourth-order valence-corrected chi connectivity index (χ4v) is 2.88. The van der Waals surface area contributed by atoms with Gasteiger partial charge in [0, 0.05) is 16.8 Å². The van der Waals surface area contributed by atoms with Crippen LogP contribution in [0.15, 0.2) is 12.1 Å². The number of nitrogens with zero attached hydrogens (tertiary/aromatic N) is 1. The van der Waals surface area contributed by atoms with Crippen molar-refractivity contribution in [3.8, 4) is 0 Å². The van der Waals surface area contributed by atoms with E-state index in [1.165, 1.54) is 0 Å². The number of amides is 1. The Balaban J connectivity index is 2.89. The second-order valence-electron chi connectivity index (χ2n) is 7.60. The number of carbonyl (C=O) groups excluding carboxylic acids is 1. The monoisotopic (exact) mass is 291 g/mol. The summed E-state index contributed by atoms with van der Waals surface area (Å²) in [5.41, 5.74) is 7.15. The molecule has 1 heterocycles. The topological polar surface area (TPSA) is 68.0 Å². The molecule has 21 heavy (non-hydrogen) atoms. The molecule has 4 nitrogen and oxygen atoms in total. The smallest absolute Gasteiger partial charge is 0.251 e. The number of hydrogen-bond donors (Lipinski definition) is 2. The van der Waals surface area contributed by atoms with Crippen molar-refractivity contribution in [3.05, 3.63) is 23.4 Å². The maximum Gasteiger partial charge on any atom is 0.251 e. The third-order valence-corrected chi connectivity index (χ3v) is 3.09. The largest absolute Gasteiger partial charge is 0.384 e. The molecule has 0 bridgehead atoms. The second-order valence-corrected chi connectivity index (χ2v) is 7.60. The van der Waals surface area contributed by atoms with Crippen LogP contribution in [0.4, 0.5) is 5.82 Å². The van der Waals surface area contributed by atoms with E-state index in [0.29, 0.717) is 11.4 Å². The number of aromatic nitrogens is 1. The maximum absolute atomic E-state index is 12.5. The molecule has 0 fully saturated rings. The molecule has 1 rings (SSSR count). The Labute approximate surface area is 128 Å². The fraction of sp³-hybridized carbons (Fsp3) is 0.647. The van der Waals surface area contributed by atoms with Crippen molar-refractivity contribution in [2.75, 3.05) is 5.73 Å². The van der Waals surface area contributed by atoms with E-state index in [1.54, 1.807) is 6.07 Å². The maximum atomic E-state index is 12.5. The van der Waals surface area contributed by atoms with Crippen LogP contribution in [-0.4, -0.2) is 16.4 Å². The summed E-state index contributed by atoms with van der Waals surface area (Å²) < 4.78 is 0. The lowest BCUT2D eigenvalue weighted by atomic mass is 9.81. The minimum atomic E-state index is -0.266. The van der Waals surface area contributed by atoms with Gasteiger partial charge in [-0.2, -0.15) is 0 Å². The molecule has 0 aliphatic carbocycles.